The molecule has 0 fully saturated rings. The molecule has 0 amide bonds. The van der Waals surface area contributed by atoms with Gasteiger partial charge in [-0.25, -0.2) is 0 Å². The normalized spacial score (nSPS) is 10.5. The molecule has 1 radical (unpaired) electrons. The molecule has 0 bridgehead atoms. The van der Waals surface area contributed by atoms with E-state index in [1.54, 1.807) is 0 Å². The fourth-order valence-corrected chi connectivity index (χ4v) is 0.953. The van der Waals surface area contributed by atoms with Gasteiger partial charge in [0.25, 0.3) is 0 Å². The smallest absolute Gasteiger partial charge is 0.481 e. The van der Waals surface area contributed by atoms with Crippen molar-refractivity contribution in [1.29, 1.82) is 0 Å². The van der Waals surface area contributed by atoms with Crippen LogP contribution in [0.15, 0.2) is 0 Å². The van der Waals surface area contributed by atoms with E-state index in [9.17, 15) is 4.79 Å². The first-order valence-electron chi connectivity index (χ1n) is 4.72. The third-order valence-corrected chi connectivity index (χ3v) is 1.75. The van der Waals surface area contributed by atoms with E-state index in [0.29, 0.717) is 0 Å². The third-order valence-electron chi connectivity index (χ3n) is 1.75. The average Bonchev–Trinajstić information content (AvgIpc) is 2.04. The SMILES string of the molecule is CCCCC(CC)C(=O)O.OB(O)O.[Cu]. The summed E-state index contributed by atoms with van der Waals surface area (Å²) in [6.45, 7) is 4.00. The molecule has 0 aromatic rings. The Bertz CT molecular complexity index is 142. The molecular weight excluding hydrogens is 250 g/mol. The Morgan fingerprint density at radius 2 is 1.67 bits per heavy atom. The van der Waals surface area contributed by atoms with Crippen molar-refractivity contribution in [2.45, 2.75) is 39.5 Å². The van der Waals surface area contributed by atoms with Crippen LogP contribution in [0.25, 0.3) is 0 Å². The van der Waals surface area contributed by atoms with Gasteiger partial charge in [0.05, 0.1) is 5.92 Å². The van der Waals surface area contributed by atoms with Crippen molar-refractivity contribution >= 4 is 13.3 Å². The second-order valence-electron chi connectivity index (χ2n) is 2.93. The van der Waals surface area contributed by atoms with Crippen molar-refractivity contribution in [3.8, 4) is 0 Å². The predicted molar refractivity (Wildman–Crippen MR) is 53.4 cm³/mol. The van der Waals surface area contributed by atoms with Crippen molar-refractivity contribution in [1.82, 2.24) is 0 Å². The fourth-order valence-electron chi connectivity index (χ4n) is 0.953. The largest absolute Gasteiger partial charge is 0.631 e. The maximum absolute atomic E-state index is 10.4. The number of aliphatic carboxylic acids is 1. The first-order valence-corrected chi connectivity index (χ1v) is 4.72. The van der Waals surface area contributed by atoms with Crippen LogP contribution in [0, 0.1) is 5.92 Å². The van der Waals surface area contributed by atoms with E-state index in [1.807, 2.05) is 6.92 Å². The minimum atomic E-state index is -2.17. The van der Waals surface area contributed by atoms with Crippen LogP contribution in [0.5, 0.6) is 0 Å². The first kappa shape index (κ1) is 20.4. The molecule has 4 N–H and O–H groups in total. The Morgan fingerprint density at radius 3 is 1.87 bits per heavy atom. The molecule has 0 saturated carbocycles. The van der Waals surface area contributed by atoms with Gasteiger partial charge in [-0.15, -0.1) is 0 Å². The van der Waals surface area contributed by atoms with Gasteiger partial charge >= 0.3 is 13.3 Å². The molecule has 0 aromatic carbocycles. The molecule has 0 aliphatic heterocycles. The van der Waals surface area contributed by atoms with E-state index in [0.717, 1.165) is 25.7 Å². The Balaban J connectivity index is -0.000000249. The molecule has 15 heavy (non-hydrogen) atoms. The number of hydrogen-bond donors (Lipinski definition) is 4. The van der Waals surface area contributed by atoms with Gasteiger partial charge in [-0.05, 0) is 12.8 Å². The first-order chi connectivity index (χ1) is 6.45. The van der Waals surface area contributed by atoms with Crippen molar-refractivity contribution in [2.24, 2.45) is 5.92 Å². The molecule has 95 valence electrons. The summed E-state index contributed by atoms with van der Waals surface area (Å²) in [6.07, 6.45) is 3.71. The van der Waals surface area contributed by atoms with E-state index in [2.05, 4.69) is 6.92 Å². The zero-order valence-corrected chi connectivity index (χ0v) is 9.92. The van der Waals surface area contributed by atoms with Gasteiger partial charge in [0, 0.05) is 17.1 Å². The quantitative estimate of drug-likeness (QED) is 0.536. The van der Waals surface area contributed by atoms with Gasteiger partial charge in [-0.1, -0.05) is 26.7 Å². The Morgan fingerprint density at radius 1 is 1.27 bits per heavy atom. The van der Waals surface area contributed by atoms with Gasteiger partial charge in [0.2, 0.25) is 0 Å². The predicted octanol–water partition coefficient (Wildman–Crippen LogP) is 0.233. The fraction of sp³-hybridized carbons (Fsp3) is 0.875. The number of hydrogen-bond acceptors (Lipinski definition) is 4. The number of rotatable bonds is 5. The van der Waals surface area contributed by atoms with Crippen LogP contribution in [-0.4, -0.2) is 33.5 Å². The summed E-state index contributed by atoms with van der Waals surface area (Å²) in [5.41, 5.74) is 0. The maximum Gasteiger partial charge on any atom is 0.631 e. The molecule has 5 nitrogen and oxygen atoms in total. The van der Waals surface area contributed by atoms with Crippen molar-refractivity contribution in [2.75, 3.05) is 0 Å². The molecule has 0 aromatic heterocycles. The summed E-state index contributed by atoms with van der Waals surface area (Å²) >= 11 is 0. The van der Waals surface area contributed by atoms with Crippen LogP contribution in [0.4, 0.5) is 0 Å². The second-order valence-corrected chi connectivity index (χ2v) is 2.93. The van der Waals surface area contributed by atoms with Gasteiger partial charge in [-0.3, -0.25) is 4.79 Å². The topological polar surface area (TPSA) is 98.0 Å². The molecule has 0 spiro atoms. The van der Waals surface area contributed by atoms with E-state index in [-0.39, 0.29) is 23.0 Å². The van der Waals surface area contributed by atoms with Crippen molar-refractivity contribution in [3.63, 3.8) is 0 Å². The Kier molecular flexibility index (Phi) is 18.9. The minimum Gasteiger partial charge on any atom is -0.481 e. The van der Waals surface area contributed by atoms with Crippen molar-refractivity contribution < 1.29 is 42.0 Å². The van der Waals surface area contributed by atoms with Gasteiger partial charge in [0.15, 0.2) is 0 Å². The second kappa shape index (κ2) is 13.9. The molecule has 0 saturated heterocycles. The van der Waals surface area contributed by atoms with E-state index >= 15 is 0 Å². The molecule has 0 rings (SSSR count). The van der Waals surface area contributed by atoms with Gasteiger partial charge in [0.1, 0.15) is 0 Å². The molecule has 7 heteroatoms. The van der Waals surface area contributed by atoms with Crippen LogP contribution < -0.4 is 0 Å². The summed E-state index contributed by atoms with van der Waals surface area (Å²) in [5.74, 6) is -0.754. The van der Waals surface area contributed by atoms with Crippen LogP contribution in [0.3, 0.4) is 0 Å². The number of carboxylic acids is 1. The summed E-state index contributed by atoms with van der Waals surface area (Å²) in [7, 11) is -2.17. The number of unbranched alkanes of at least 4 members (excludes halogenated alkanes) is 1. The number of carbonyl (C=O) groups is 1. The molecule has 0 aliphatic rings. The summed E-state index contributed by atoms with van der Waals surface area (Å²) in [5, 5.41) is 30.1. The van der Waals surface area contributed by atoms with E-state index < -0.39 is 13.3 Å². The molecular formula is C8H19BCuO5. The Labute approximate surface area is 101 Å². The zero-order chi connectivity index (χ0) is 11.6. The maximum atomic E-state index is 10.4. The Hall–Kier alpha value is -0.0656. The van der Waals surface area contributed by atoms with Gasteiger partial charge in [-0.2, -0.15) is 0 Å². The minimum absolute atomic E-state index is 0. The van der Waals surface area contributed by atoms with Crippen LogP contribution in [0.2, 0.25) is 0 Å². The number of carboxylic acid groups (broad SMARTS) is 1. The van der Waals surface area contributed by atoms with Crippen molar-refractivity contribution in [3.05, 3.63) is 0 Å². The molecule has 1 atom stereocenters. The average molecular weight is 270 g/mol. The van der Waals surface area contributed by atoms with Crippen LogP contribution >= 0.6 is 0 Å². The summed E-state index contributed by atoms with van der Waals surface area (Å²) in [6, 6.07) is 0. The molecule has 0 aliphatic carbocycles. The summed E-state index contributed by atoms with van der Waals surface area (Å²) in [4.78, 5) is 10.4. The van der Waals surface area contributed by atoms with Crippen LogP contribution in [-0.2, 0) is 21.9 Å². The van der Waals surface area contributed by atoms with E-state index in [4.69, 9.17) is 20.2 Å². The molecule has 1 unspecified atom stereocenters. The molecule has 0 heterocycles. The summed E-state index contributed by atoms with van der Waals surface area (Å²) < 4.78 is 0. The monoisotopic (exact) mass is 269 g/mol. The van der Waals surface area contributed by atoms with E-state index in [1.165, 1.54) is 0 Å². The van der Waals surface area contributed by atoms with Crippen LogP contribution in [0.1, 0.15) is 39.5 Å². The third kappa shape index (κ3) is 20.1. The van der Waals surface area contributed by atoms with Gasteiger partial charge < -0.3 is 20.2 Å². The zero-order valence-electron chi connectivity index (χ0n) is 8.98. The standard InChI is InChI=1S/C8H16O2.BH3O3.Cu/c1-3-5-6-7(4-2)8(9)10;2-1(3)4;/h7H,3-6H2,1-2H3,(H,9,10);2-4H;.